The van der Waals surface area contributed by atoms with Gasteiger partial charge in [0, 0.05) is 0 Å². The van der Waals surface area contributed by atoms with Crippen LogP contribution in [0.5, 0.6) is 0 Å². The Morgan fingerprint density at radius 3 is 1.00 bits per heavy atom. The summed E-state index contributed by atoms with van der Waals surface area (Å²) in [4.78, 5) is 0. The van der Waals surface area contributed by atoms with Crippen LogP contribution in [-0.4, -0.2) is 0 Å². The van der Waals surface area contributed by atoms with Crippen LogP contribution in [0.2, 0.25) is 0 Å². The molecule has 0 bridgehead atoms. The van der Waals surface area contributed by atoms with Crippen LogP contribution in [0.3, 0.4) is 0 Å². The highest BCUT2D eigenvalue weighted by atomic mass is 14.2. The fraction of sp³-hybridized carbons (Fsp3) is 0. The number of benzene rings is 19. The molecule has 0 saturated carbocycles. The van der Waals surface area contributed by atoms with Gasteiger partial charge in [-0.1, -0.05) is 346 Å². The topological polar surface area (TPSA) is 0 Å². The lowest BCUT2D eigenvalue weighted by Crippen LogP contribution is -1.93. The van der Waals surface area contributed by atoms with Crippen molar-refractivity contribution >= 4 is 108 Å². The zero-order valence-electron chi connectivity index (χ0n) is 51.6. The van der Waals surface area contributed by atoms with Gasteiger partial charge in [0.2, 0.25) is 0 Å². The molecular weight excluding hydrogens is 1130 g/mol. The first-order valence-electron chi connectivity index (χ1n) is 32.6. The van der Waals surface area contributed by atoms with Crippen molar-refractivity contribution in [1.82, 2.24) is 0 Å². The van der Waals surface area contributed by atoms with Crippen molar-refractivity contribution in [3.63, 3.8) is 0 Å². The average molecular weight is 1190 g/mol. The van der Waals surface area contributed by atoms with E-state index in [4.69, 9.17) is 0 Å². The van der Waals surface area contributed by atoms with E-state index in [-0.39, 0.29) is 0 Å². The van der Waals surface area contributed by atoms with Gasteiger partial charge < -0.3 is 0 Å². The van der Waals surface area contributed by atoms with Crippen molar-refractivity contribution in [3.05, 3.63) is 364 Å². The molecule has 0 heteroatoms. The predicted molar refractivity (Wildman–Crippen MR) is 406 cm³/mol. The Bertz CT molecular complexity index is 6080. The smallest absolute Gasteiger partial charge is 0.00201 e. The standard InChI is InChI=1S/C50H32.C44H28/c1-2-15-33(16-3-1)38-29-30-47(41-23-8-6-22-40(38)41)50-45-27-12-10-25-43(45)49(44-26-11-13-28-46(44)50)36-19-14-18-34(31-36)48-32-35-17-4-5-20-37(35)39-21-7-9-24-42(39)48;1-2-13-31(14-3-1)42-37-18-8-10-20-39(37)43(40-21-11-9-19-38(40)42)32-25-22-30(23-26-32)41-28-33-27-24-29-12-4-5-15-34(29)44(33)36-17-7-6-16-35(36)41/h1-32H;1-28H. The largest absolute Gasteiger partial charge is 0.0622 e. The van der Waals surface area contributed by atoms with Crippen LogP contribution < -0.4 is 0 Å². The minimum Gasteiger partial charge on any atom is -0.0622 e. The normalized spacial score (nSPS) is 11.6. The van der Waals surface area contributed by atoms with Crippen LogP contribution in [0.25, 0.3) is 186 Å². The highest BCUT2D eigenvalue weighted by Crippen LogP contribution is 2.49. The molecule has 19 aromatic carbocycles. The van der Waals surface area contributed by atoms with Gasteiger partial charge in [-0.2, -0.15) is 0 Å². The molecular formula is C94H60. The van der Waals surface area contributed by atoms with Gasteiger partial charge in [-0.3, -0.25) is 0 Å². The lowest BCUT2D eigenvalue weighted by Gasteiger charge is -2.20. The fourth-order valence-electron chi connectivity index (χ4n) is 15.5. The Morgan fingerprint density at radius 1 is 0.117 bits per heavy atom. The summed E-state index contributed by atoms with van der Waals surface area (Å²) in [5.41, 5.74) is 17.6. The lowest BCUT2D eigenvalue weighted by atomic mass is 9.83. The maximum absolute atomic E-state index is 2.40. The Hall–Kier alpha value is -12.2. The van der Waals surface area contributed by atoms with Gasteiger partial charge in [-0.25, -0.2) is 0 Å². The van der Waals surface area contributed by atoms with Crippen molar-refractivity contribution in [1.29, 1.82) is 0 Å². The summed E-state index contributed by atoms with van der Waals surface area (Å²) in [6.07, 6.45) is 0. The Balaban J connectivity index is 0.000000139. The van der Waals surface area contributed by atoms with Gasteiger partial charge in [-0.05, 0) is 204 Å². The van der Waals surface area contributed by atoms with E-state index < -0.39 is 0 Å². The summed E-state index contributed by atoms with van der Waals surface area (Å²) >= 11 is 0. The minimum absolute atomic E-state index is 1.22. The summed E-state index contributed by atoms with van der Waals surface area (Å²) in [5, 5.41) is 25.6. The van der Waals surface area contributed by atoms with Gasteiger partial charge >= 0.3 is 0 Å². The van der Waals surface area contributed by atoms with Gasteiger partial charge in [0.05, 0.1) is 0 Å². The van der Waals surface area contributed by atoms with Crippen molar-refractivity contribution in [2.75, 3.05) is 0 Å². The SMILES string of the molecule is c1ccc(-c2c3ccccc3c(-c3ccc(-c4cc5ccc6ccccc6c5c5ccccc45)cc3)c3ccccc23)cc1.c1ccc(-c2ccc(-c3c4ccccc4c(-c4cccc(-c5cc6ccccc6c6ccccc56)c4)c4ccccc34)c3ccccc23)cc1. The molecule has 0 radical (unpaired) electrons. The minimum atomic E-state index is 1.22. The molecule has 0 amide bonds. The van der Waals surface area contributed by atoms with Crippen molar-refractivity contribution in [3.8, 4) is 77.9 Å². The highest BCUT2D eigenvalue weighted by molar-refractivity contribution is 6.27. The molecule has 0 aliphatic rings. The fourth-order valence-corrected chi connectivity index (χ4v) is 15.5. The average Bonchev–Trinajstić information content (AvgIpc) is 0.747. The van der Waals surface area contributed by atoms with E-state index >= 15 is 0 Å². The number of rotatable bonds is 7. The summed E-state index contributed by atoms with van der Waals surface area (Å²) < 4.78 is 0. The highest BCUT2D eigenvalue weighted by Gasteiger charge is 2.22. The van der Waals surface area contributed by atoms with E-state index in [0.717, 1.165) is 0 Å². The molecule has 0 nitrogen and oxygen atoms in total. The van der Waals surface area contributed by atoms with Crippen molar-refractivity contribution in [2.45, 2.75) is 0 Å². The van der Waals surface area contributed by atoms with Crippen LogP contribution in [0.1, 0.15) is 0 Å². The molecule has 0 spiro atoms. The quantitative estimate of drug-likeness (QED) is 0.110. The van der Waals surface area contributed by atoms with E-state index in [0.29, 0.717) is 0 Å². The van der Waals surface area contributed by atoms with Crippen molar-refractivity contribution < 1.29 is 0 Å². The van der Waals surface area contributed by atoms with Gasteiger partial charge in [0.1, 0.15) is 0 Å². The zero-order valence-corrected chi connectivity index (χ0v) is 51.6. The lowest BCUT2D eigenvalue weighted by molar-refractivity contribution is 1.63. The monoisotopic (exact) mass is 1190 g/mol. The first-order chi connectivity index (χ1) is 46.7. The summed E-state index contributed by atoms with van der Waals surface area (Å²) in [5.74, 6) is 0. The molecule has 0 aliphatic heterocycles. The maximum Gasteiger partial charge on any atom is -0.00201 e. The zero-order chi connectivity index (χ0) is 62.1. The molecule has 94 heavy (non-hydrogen) atoms. The van der Waals surface area contributed by atoms with Crippen molar-refractivity contribution in [2.24, 2.45) is 0 Å². The van der Waals surface area contributed by atoms with Gasteiger partial charge in [-0.15, -0.1) is 0 Å². The van der Waals surface area contributed by atoms with E-state index in [1.165, 1.54) is 186 Å². The second kappa shape index (κ2) is 22.9. The van der Waals surface area contributed by atoms with E-state index in [1.807, 2.05) is 0 Å². The molecule has 0 aromatic heterocycles. The molecule has 0 aliphatic carbocycles. The second-order valence-corrected chi connectivity index (χ2v) is 24.8. The first kappa shape index (κ1) is 54.7. The van der Waals surface area contributed by atoms with Crippen LogP contribution >= 0.6 is 0 Å². The predicted octanol–water partition coefficient (Wildman–Crippen LogP) is 26.6. The second-order valence-electron chi connectivity index (χ2n) is 24.8. The Morgan fingerprint density at radius 2 is 0.436 bits per heavy atom. The third-order valence-corrected chi connectivity index (χ3v) is 19.7. The molecule has 0 unspecified atom stereocenters. The van der Waals surface area contributed by atoms with Gasteiger partial charge in [0.15, 0.2) is 0 Å². The summed E-state index contributed by atoms with van der Waals surface area (Å²) in [7, 11) is 0. The molecule has 0 atom stereocenters. The Labute approximate surface area is 546 Å². The summed E-state index contributed by atoms with van der Waals surface area (Å²) in [6, 6.07) is 133. The molecule has 0 N–H and O–H groups in total. The van der Waals surface area contributed by atoms with Crippen LogP contribution in [-0.2, 0) is 0 Å². The maximum atomic E-state index is 2.40. The van der Waals surface area contributed by atoms with E-state index in [2.05, 4.69) is 364 Å². The van der Waals surface area contributed by atoms with Crippen LogP contribution in [0.4, 0.5) is 0 Å². The Kier molecular flexibility index (Phi) is 13.3. The molecule has 0 heterocycles. The number of fused-ring (bicyclic) bond motifs is 13. The number of hydrogen-bond acceptors (Lipinski definition) is 0. The van der Waals surface area contributed by atoms with E-state index in [9.17, 15) is 0 Å². The number of hydrogen-bond donors (Lipinski definition) is 0. The van der Waals surface area contributed by atoms with Crippen LogP contribution in [0, 0.1) is 0 Å². The first-order valence-corrected chi connectivity index (χ1v) is 32.6. The van der Waals surface area contributed by atoms with Gasteiger partial charge in [0.25, 0.3) is 0 Å². The molecule has 0 fully saturated rings. The molecule has 19 rings (SSSR count). The molecule has 436 valence electrons. The molecule has 19 aromatic rings. The third-order valence-electron chi connectivity index (χ3n) is 19.7. The van der Waals surface area contributed by atoms with E-state index in [1.54, 1.807) is 0 Å². The molecule has 0 saturated heterocycles. The van der Waals surface area contributed by atoms with Crippen LogP contribution in [0.15, 0.2) is 364 Å². The third kappa shape index (κ3) is 9.14. The summed E-state index contributed by atoms with van der Waals surface area (Å²) in [6.45, 7) is 0.